The summed E-state index contributed by atoms with van der Waals surface area (Å²) in [6, 6.07) is -0.254. The van der Waals surface area contributed by atoms with E-state index in [2.05, 4.69) is 5.32 Å². The third-order valence-corrected chi connectivity index (χ3v) is 5.12. The SMILES string of the molecule is CCC(C)N1C(=O)CC(NCC2CCSC2)C1=O. The lowest BCUT2D eigenvalue weighted by molar-refractivity contribution is -0.141. The summed E-state index contributed by atoms with van der Waals surface area (Å²) in [6.07, 6.45) is 2.38. The number of thioether (sulfide) groups is 1. The van der Waals surface area contributed by atoms with Crippen LogP contribution in [0.3, 0.4) is 0 Å². The summed E-state index contributed by atoms with van der Waals surface area (Å²) in [5, 5.41) is 3.29. The average Bonchev–Trinajstić information content (AvgIpc) is 2.95. The number of likely N-dealkylation sites (tertiary alicyclic amines) is 1. The summed E-state index contributed by atoms with van der Waals surface area (Å²) in [4.78, 5) is 25.5. The first kappa shape index (κ1) is 13.9. The van der Waals surface area contributed by atoms with Gasteiger partial charge < -0.3 is 5.32 Å². The predicted octanol–water partition coefficient (Wildman–Crippen LogP) is 1.26. The molecule has 2 aliphatic rings. The van der Waals surface area contributed by atoms with Crippen molar-refractivity contribution in [2.75, 3.05) is 18.1 Å². The second kappa shape index (κ2) is 6.06. The molecule has 0 aliphatic carbocycles. The van der Waals surface area contributed by atoms with Crippen LogP contribution in [0, 0.1) is 5.92 Å². The van der Waals surface area contributed by atoms with E-state index in [9.17, 15) is 9.59 Å². The van der Waals surface area contributed by atoms with Crippen molar-refractivity contribution in [1.29, 1.82) is 0 Å². The summed E-state index contributed by atoms with van der Waals surface area (Å²) in [5.74, 6) is 3.02. The Kier molecular flexibility index (Phi) is 4.67. The van der Waals surface area contributed by atoms with Gasteiger partial charge in [-0.05, 0) is 43.7 Å². The van der Waals surface area contributed by atoms with Crippen molar-refractivity contribution < 1.29 is 9.59 Å². The minimum absolute atomic E-state index is 0.0207. The summed E-state index contributed by atoms with van der Waals surface area (Å²) < 4.78 is 0. The smallest absolute Gasteiger partial charge is 0.247 e. The second-order valence-corrected chi connectivity index (χ2v) is 6.40. The molecule has 2 aliphatic heterocycles. The van der Waals surface area contributed by atoms with Gasteiger partial charge in [-0.15, -0.1) is 0 Å². The minimum atomic E-state index is -0.280. The molecule has 0 radical (unpaired) electrons. The zero-order valence-corrected chi connectivity index (χ0v) is 12.0. The van der Waals surface area contributed by atoms with Crippen LogP contribution in [0.1, 0.15) is 33.1 Å². The molecule has 0 aromatic heterocycles. The highest BCUT2D eigenvalue weighted by Crippen LogP contribution is 2.23. The Hall–Kier alpha value is -0.550. The van der Waals surface area contributed by atoms with E-state index in [1.165, 1.54) is 22.8 Å². The zero-order valence-electron chi connectivity index (χ0n) is 11.1. The van der Waals surface area contributed by atoms with Gasteiger partial charge in [0.15, 0.2) is 0 Å². The lowest BCUT2D eigenvalue weighted by Crippen LogP contribution is -2.43. The van der Waals surface area contributed by atoms with E-state index in [0.717, 1.165) is 13.0 Å². The normalized spacial score (nSPS) is 30.2. The van der Waals surface area contributed by atoms with Gasteiger partial charge in [0.1, 0.15) is 0 Å². The number of carbonyl (C=O) groups excluding carboxylic acids is 2. The number of imide groups is 1. The van der Waals surface area contributed by atoms with Crippen LogP contribution < -0.4 is 5.32 Å². The van der Waals surface area contributed by atoms with Crippen LogP contribution in [0.25, 0.3) is 0 Å². The highest BCUT2D eigenvalue weighted by molar-refractivity contribution is 7.99. The molecular formula is C13H22N2O2S. The van der Waals surface area contributed by atoms with E-state index in [1.807, 2.05) is 25.6 Å². The van der Waals surface area contributed by atoms with Crippen LogP contribution in [0.2, 0.25) is 0 Å². The molecule has 1 N–H and O–H groups in total. The molecule has 0 aromatic carbocycles. The van der Waals surface area contributed by atoms with E-state index >= 15 is 0 Å². The van der Waals surface area contributed by atoms with Crippen LogP contribution in [0.5, 0.6) is 0 Å². The Balaban J connectivity index is 1.87. The molecule has 0 spiro atoms. The van der Waals surface area contributed by atoms with E-state index in [0.29, 0.717) is 12.3 Å². The Morgan fingerprint density at radius 3 is 2.89 bits per heavy atom. The third kappa shape index (κ3) is 2.88. The van der Waals surface area contributed by atoms with Gasteiger partial charge in [0, 0.05) is 6.04 Å². The van der Waals surface area contributed by atoms with Gasteiger partial charge in [-0.3, -0.25) is 14.5 Å². The van der Waals surface area contributed by atoms with E-state index < -0.39 is 0 Å². The molecule has 102 valence electrons. The number of amides is 2. The quantitative estimate of drug-likeness (QED) is 0.764. The van der Waals surface area contributed by atoms with Crippen LogP contribution in [0.4, 0.5) is 0 Å². The number of carbonyl (C=O) groups is 2. The Morgan fingerprint density at radius 1 is 1.50 bits per heavy atom. The van der Waals surface area contributed by atoms with Gasteiger partial charge in [-0.25, -0.2) is 0 Å². The fourth-order valence-electron chi connectivity index (χ4n) is 2.51. The Labute approximate surface area is 113 Å². The van der Waals surface area contributed by atoms with Crippen molar-refractivity contribution in [3.05, 3.63) is 0 Å². The summed E-state index contributed by atoms with van der Waals surface area (Å²) >= 11 is 1.97. The van der Waals surface area contributed by atoms with Gasteiger partial charge in [0.25, 0.3) is 0 Å². The van der Waals surface area contributed by atoms with Crippen molar-refractivity contribution in [2.24, 2.45) is 5.92 Å². The lowest BCUT2D eigenvalue weighted by atomic mass is 10.1. The topological polar surface area (TPSA) is 49.4 Å². The molecule has 2 amide bonds. The molecule has 0 aromatic rings. The minimum Gasteiger partial charge on any atom is -0.305 e. The van der Waals surface area contributed by atoms with Crippen molar-refractivity contribution >= 4 is 23.6 Å². The van der Waals surface area contributed by atoms with Crippen molar-refractivity contribution in [3.63, 3.8) is 0 Å². The summed E-state index contributed by atoms with van der Waals surface area (Å²) in [6.45, 7) is 4.80. The monoisotopic (exact) mass is 270 g/mol. The molecule has 2 rings (SSSR count). The molecular weight excluding hydrogens is 248 g/mol. The lowest BCUT2D eigenvalue weighted by Gasteiger charge is -2.22. The van der Waals surface area contributed by atoms with E-state index in [4.69, 9.17) is 0 Å². The molecule has 2 fully saturated rings. The van der Waals surface area contributed by atoms with Crippen LogP contribution in [-0.2, 0) is 9.59 Å². The molecule has 3 atom stereocenters. The van der Waals surface area contributed by atoms with Gasteiger partial charge in [-0.1, -0.05) is 6.92 Å². The maximum atomic E-state index is 12.2. The van der Waals surface area contributed by atoms with Gasteiger partial charge in [0.2, 0.25) is 11.8 Å². The van der Waals surface area contributed by atoms with Crippen LogP contribution in [-0.4, -0.2) is 46.8 Å². The number of nitrogens with one attached hydrogen (secondary N) is 1. The molecule has 3 unspecified atom stereocenters. The fraction of sp³-hybridized carbons (Fsp3) is 0.846. The van der Waals surface area contributed by atoms with Crippen molar-refractivity contribution in [1.82, 2.24) is 10.2 Å². The number of hydrogen-bond acceptors (Lipinski definition) is 4. The highest BCUT2D eigenvalue weighted by Gasteiger charge is 2.40. The van der Waals surface area contributed by atoms with Gasteiger partial charge >= 0.3 is 0 Å². The predicted molar refractivity (Wildman–Crippen MR) is 73.4 cm³/mol. The third-order valence-electron chi connectivity index (χ3n) is 3.89. The van der Waals surface area contributed by atoms with Crippen molar-refractivity contribution in [2.45, 2.75) is 45.2 Å². The zero-order chi connectivity index (χ0) is 13.1. The molecule has 0 saturated carbocycles. The van der Waals surface area contributed by atoms with Crippen LogP contribution >= 0.6 is 11.8 Å². The number of hydrogen-bond donors (Lipinski definition) is 1. The van der Waals surface area contributed by atoms with Gasteiger partial charge in [0.05, 0.1) is 12.5 Å². The molecule has 2 heterocycles. The fourth-order valence-corrected chi connectivity index (χ4v) is 3.79. The second-order valence-electron chi connectivity index (χ2n) is 5.25. The maximum absolute atomic E-state index is 12.2. The molecule has 0 bridgehead atoms. The van der Waals surface area contributed by atoms with Crippen LogP contribution in [0.15, 0.2) is 0 Å². The first-order valence-corrected chi connectivity index (χ1v) is 7.96. The Morgan fingerprint density at radius 2 is 2.28 bits per heavy atom. The maximum Gasteiger partial charge on any atom is 0.247 e. The summed E-state index contributed by atoms with van der Waals surface area (Å²) in [5.41, 5.74) is 0. The van der Waals surface area contributed by atoms with E-state index in [-0.39, 0.29) is 23.9 Å². The molecule has 5 heteroatoms. The average molecular weight is 270 g/mol. The summed E-state index contributed by atoms with van der Waals surface area (Å²) in [7, 11) is 0. The highest BCUT2D eigenvalue weighted by atomic mass is 32.2. The van der Waals surface area contributed by atoms with E-state index in [1.54, 1.807) is 0 Å². The van der Waals surface area contributed by atoms with Gasteiger partial charge in [-0.2, -0.15) is 11.8 Å². The molecule has 18 heavy (non-hydrogen) atoms. The number of rotatable bonds is 5. The molecule has 4 nitrogen and oxygen atoms in total. The standard InChI is InChI=1S/C13H22N2O2S/c1-3-9(2)15-12(16)6-11(13(15)17)14-7-10-4-5-18-8-10/h9-11,14H,3-8H2,1-2H3. The van der Waals surface area contributed by atoms with Crippen molar-refractivity contribution in [3.8, 4) is 0 Å². The molecule has 2 saturated heterocycles. The Bertz CT molecular complexity index is 329. The number of nitrogens with zero attached hydrogens (tertiary/aromatic N) is 1. The largest absolute Gasteiger partial charge is 0.305 e. The first-order valence-electron chi connectivity index (χ1n) is 6.80. The first-order chi connectivity index (χ1) is 8.63.